The summed E-state index contributed by atoms with van der Waals surface area (Å²) in [5.41, 5.74) is 0. The van der Waals surface area contributed by atoms with Crippen LogP contribution >= 0.6 is 0 Å². The van der Waals surface area contributed by atoms with Crippen LogP contribution in [0.2, 0.25) is 0 Å². The lowest BCUT2D eigenvalue weighted by atomic mass is 9.73. The standard InChI is InChI=1S/C12H24O/c1-4-5-10-6-11(9(2)3)8-12(13)7-10/h9-13H,4-8H2,1-3H3. The number of rotatable bonds is 3. The normalized spacial score (nSPS) is 35.3. The fourth-order valence-electron chi connectivity index (χ4n) is 2.64. The molecule has 3 atom stereocenters. The molecule has 1 aliphatic carbocycles. The van der Waals surface area contributed by atoms with E-state index in [0.29, 0.717) is 0 Å². The van der Waals surface area contributed by atoms with Gasteiger partial charge < -0.3 is 5.11 Å². The van der Waals surface area contributed by atoms with E-state index < -0.39 is 0 Å². The van der Waals surface area contributed by atoms with Gasteiger partial charge in [0, 0.05) is 0 Å². The number of aliphatic hydroxyl groups is 1. The second kappa shape index (κ2) is 4.99. The van der Waals surface area contributed by atoms with Crippen molar-refractivity contribution in [1.29, 1.82) is 0 Å². The molecule has 0 aromatic rings. The molecule has 1 nitrogen and oxygen atoms in total. The molecule has 0 spiro atoms. The Balaban J connectivity index is 2.42. The molecule has 0 heterocycles. The van der Waals surface area contributed by atoms with Gasteiger partial charge in [0.15, 0.2) is 0 Å². The van der Waals surface area contributed by atoms with Crippen molar-refractivity contribution in [3.05, 3.63) is 0 Å². The molecule has 0 aromatic carbocycles. The van der Waals surface area contributed by atoms with E-state index in [-0.39, 0.29) is 6.10 Å². The molecule has 1 fully saturated rings. The van der Waals surface area contributed by atoms with Gasteiger partial charge in [0.05, 0.1) is 6.10 Å². The monoisotopic (exact) mass is 184 g/mol. The Morgan fingerprint density at radius 1 is 1.23 bits per heavy atom. The Morgan fingerprint density at radius 3 is 2.46 bits per heavy atom. The van der Waals surface area contributed by atoms with Crippen molar-refractivity contribution in [3.8, 4) is 0 Å². The van der Waals surface area contributed by atoms with Crippen LogP contribution in [-0.4, -0.2) is 11.2 Å². The largest absolute Gasteiger partial charge is 0.393 e. The lowest BCUT2D eigenvalue weighted by Crippen LogP contribution is -2.29. The molecule has 78 valence electrons. The highest BCUT2D eigenvalue weighted by atomic mass is 16.3. The number of aliphatic hydroxyl groups excluding tert-OH is 1. The van der Waals surface area contributed by atoms with E-state index in [1.165, 1.54) is 19.3 Å². The topological polar surface area (TPSA) is 20.2 Å². The average molecular weight is 184 g/mol. The molecule has 1 heteroatoms. The highest BCUT2D eigenvalue weighted by Crippen LogP contribution is 2.35. The summed E-state index contributed by atoms with van der Waals surface area (Å²) < 4.78 is 0. The molecule has 1 rings (SSSR count). The van der Waals surface area contributed by atoms with E-state index in [1.807, 2.05) is 0 Å². The molecule has 1 saturated carbocycles. The maximum atomic E-state index is 9.73. The summed E-state index contributed by atoms with van der Waals surface area (Å²) in [5, 5.41) is 9.73. The molecular weight excluding hydrogens is 160 g/mol. The van der Waals surface area contributed by atoms with Crippen LogP contribution in [0.15, 0.2) is 0 Å². The fraction of sp³-hybridized carbons (Fsp3) is 1.00. The molecule has 13 heavy (non-hydrogen) atoms. The zero-order chi connectivity index (χ0) is 9.84. The van der Waals surface area contributed by atoms with Gasteiger partial charge in [-0.05, 0) is 37.0 Å². The Kier molecular flexibility index (Phi) is 4.24. The van der Waals surface area contributed by atoms with Crippen molar-refractivity contribution in [2.24, 2.45) is 17.8 Å². The van der Waals surface area contributed by atoms with Gasteiger partial charge in [0.1, 0.15) is 0 Å². The van der Waals surface area contributed by atoms with Gasteiger partial charge in [-0.2, -0.15) is 0 Å². The third-order valence-corrected chi connectivity index (χ3v) is 3.46. The summed E-state index contributed by atoms with van der Waals surface area (Å²) in [7, 11) is 0. The molecule has 0 amide bonds. The van der Waals surface area contributed by atoms with E-state index in [9.17, 15) is 5.11 Å². The summed E-state index contributed by atoms with van der Waals surface area (Å²) in [4.78, 5) is 0. The first kappa shape index (κ1) is 11.0. The molecule has 1 N–H and O–H groups in total. The molecule has 0 aliphatic heterocycles. The SMILES string of the molecule is CCCC1CC(O)CC(C(C)C)C1. The zero-order valence-corrected chi connectivity index (χ0v) is 9.29. The third kappa shape index (κ3) is 3.30. The lowest BCUT2D eigenvalue weighted by molar-refractivity contribution is 0.0519. The molecule has 0 radical (unpaired) electrons. The van der Waals surface area contributed by atoms with Crippen molar-refractivity contribution >= 4 is 0 Å². The first-order chi connectivity index (χ1) is 6.13. The highest BCUT2D eigenvalue weighted by molar-refractivity contribution is 4.79. The van der Waals surface area contributed by atoms with E-state index in [0.717, 1.165) is 30.6 Å². The van der Waals surface area contributed by atoms with Crippen LogP contribution in [0.4, 0.5) is 0 Å². The van der Waals surface area contributed by atoms with Gasteiger partial charge in [0.2, 0.25) is 0 Å². The maximum Gasteiger partial charge on any atom is 0.0545 e. The highest BCUT2D eigenvalue weighted by Gasteiger charge is 2.28. The van der Waals surface area contributed by atoms with Gasteiger partial charge >= 0.3 is 0 Å². The smallest absolute Gasteiger partial charge is 0.0545 e. The van der Waals surface area contributed by atoms with Crippen LogP contribution in [0, 0.1) is 17.8 Å². The van der Waals surface area contributed by atoms with E-state index in [2.05, 4.69) is 20.8 Å². The summed E-state index contributed by atoms with van der Waals surface area (Å²) >= 11 is 0. The Hall–Kier alpha value is -0.0400. The second-order valence-corrected chi connectivity index (χ2v) is 5.02. The Morgan fingerprint density at radius 2 is 1.92 bits per heavy atom. The van der Waals surface area contributed by atoms with Crippen molar-refractivity contribution in [1.82, 2.24) is 0 Å². The average Bonchev–Trinajstić information content (AvgIpc) is 2.03. The van der Waals surface area contributed by atoms with E-state index in [4.69, 9.17) is 0 Å². The van der Waals surface area contributed by atoms with Crippen LogP contribution in [0.1, 0.15) is 52.9 Å². The molecule has 0 saturated heterocycles. The molecule has 0 bridgehead atoms. The quantitative estimate of drug-likeness (QED) is 0.714. The van der Waals surface area contributed by atoms with Crippen molar-refractivity contribution in [2.45, 2.75) is 59.0 Å². The predicted octanol–water partition coefficient (Wildman–Crippen LogP) is 3.22. The van der Waals surface area contributed by atoms with Gasteiger partial charge in [0.25, 0.3) is 0 Å². The molecule has 0 aromatic heterocycles. The predicted molar refractivity (Wildman–Crippen MR) is 56.6 cm³/mol. The zero-order valence-electron chi connectivity index (χ0n) is 9.29. The first-order valence-corrected chi connectivity index (χ1v) is 5.81. The molecular formula is C12H24O. The van der Waals surface area contributed by atoms with E-state index in [1.54, 1.807) is 0 Å². The molecule has 1 aliphatic rings. The minimum atomic E-state index is -0.0160. The van der Waals surface area contributed by atoms with Crippen molar-refractivity contribution in [3.63, 3.8) is 0 Å². The Labute approximate surface area is 82.5 Å². The molecule has 3 unspecified atom stereocenters. The second-order valence-electron chi connectivity index (χ2n) is 5.02. The minimum absolute atomic E-state index is 0.0160. The van der Waals surface area contributed by atoms with Gasteiger partial charge in [-0.1, -0.05) is 33.6 Å². The summed E-state index contributed by atoms with van der Waals surface area (Å²) in [6.07, 6.45) is 6.00. The van der Waals surface area contributed by atoms with Crippen molar-refractivity contribution in [2.75, 3.05) is 0 Å². The van der Waals surface area contributed by atoms with Gasteiger partial charge in [-0.3, -0.25) is 0 Å². The van der Waals surface area contributed by atoms with Gasteiger partial charge in [-0.15, -0.1) is 0 Å². The van der Waals surface area contributed by atoms with Crippen LogP contribution in [-0.2, 0) is 0 Å². The van der Waals surface area contributed by atoms with Crippen LogP contribution < -0.4 is 0 Å². The van der Waals surface area contributed by atoms with Gasteiger partial charge in [-0.25, -0.2) is 0 Å². The number of hydrogen-bond acceptors (Lipinski definition) is 1. The number of hydrogen-bond donors (Lipinski definition) is 1. The minimum Gasteiger partial charge on any atom is -0.393 e. The first-order valence-electron chi connectivity index (χ1n) is 5.81. The van der Waals surface area contributed by atoms with Crippen molar-refractivity contribution < 1.29 is 5.11 Å². The fourth-order valence-corrected chi connectivity index (χ4v) is 2.64. The summed E-state index contributed by atoms with van der Waals surface area (Å²) in [5.74, 6) is 2.30. The van der Waals surface area contributed by atoms with E-state index >= 15 is 0 Å². The summed E-state index contributed by atoms with van der Waals surface area (Å²) in [6, 6.07) is 0. The van der Waals surface area contributed by atoms with Crippen LogP contribution in [0.25, 0.3) is 0 Å². The summed E-state index contributed by atoms with van der Waals surface area (Å²) in [6.45, 7) is 6.81. The Bertz CT molecular complexity index is 142. The third-order valence-electron chi connectivity index (χ3n) is 3.46. The van der Waals surface area contributed by atoms with Crippen LogP contribution in [0.5, 0.6) is 0 Å². The van der Waals surface area contributed by atoms with Crippen LogP contribution in [0.3, 0.4) is 0 Å². The lowest BCUT2D eigenvalue weighted by Gasteiger charge is -2.34. The maximum absolute atomic E-state index is 9.73.